The number of benzene rings is 1. The molecule has 1 amide bonds. The largest absolute Gasteiger partial charge is 0.504 e. The SMILES string of the molecule is CC(C)CCOCCNC(=O)c1cccc(O)c1O. The molecule has 0 aliphatic carbocycles. The van der Waals surface area contributed by atoms with Crippen molar-refractivity contribution in [1.29, 1.82) is 0 Å². The quantitative estimate of drug-likeness (QED) is 0.520. The van der Waals surface area contributed by atoms with E-state index in [0.29, 0.717) is 25.7 Å². The van der Waals surface area contributed by atoms with Gasteiger partial charge >= 0.3 is 0 Å². The van der Waals surface area contributed by atoms with Crippen molar-refractivity contribution < 1.29 is 19.7 Å². The second-order valence-electron chi connectivity index (χ2n) is 4.72. The molecular formula is C14H21NO4. The molecule has 0 unspecified atom stereocenters. The third-order valence-corrected chi connectivity index (χ3v) is 2.63. The van der Waals surface area contributed by atoms with E-state index < -0.39 is 11.7 Å². The Morgan fingerprint density at radius 2 is 2.05 bits per heavy atom. The molecule has 1 aromatic rings. The molecule has 1 aromatic carbocycles. The first-order chi connectivity index (χ1) is 9.02. The lowest BCUT2D eigenvalue weighted by Gasteiger charge is -2.09. The maximum Gasteiger partial charge on any atom is 0.255 e. The van der Waals surface area contributed by atoms with Crippen molar-refractivity contribution in [3.05, 3.63) is 23.8 Å². The Balaban J connectivity index is 2.30. The van der Waals surface area contributed by atoms with Crippen molar-refractivity contribution in [2.45, 2.75) is 20.3 Å². The molecule has 0 fully saturated rings. The van der Waals surface area contributed by atoms with Gasteiger partial charge in [0.2, 0.25) is 0 Å². The van der Waals surface area contributed by atoms with Gasteiger partial charge in [-0.05, 0) is 24.5 Å². The summed E-state index contributed by atoms with van der Waals surface area (Å²) in [5, 5.41) is 21.4. The number of nitrogens with one attached hydrogen (secondary N) is 1. The average Bonchev–Trinajstić information content (AvgIpc) is 2.36. The highest BCUT2D eigenvalue weighted by atomic mass is 16.5. The lowest BCUT2D eigenvalue weighted by atomic mass is 10.1. The highest BCUT2D eigenvalue weighted by Crippen LogP contribution is 2.27. The van der Waals surface area contributed by atoms with E-state index in [0.717, 1.165) is 6.42 Å². The van der Waals surface area contributed by atoms with Gasteiger partial charge in [0.15, 0.2) is 11.5 Å². The van der Waals surface area contributed by atoms with Gasteiger partial charge in [0.25, 0.3) is 5.91 Å². The fourth-order valence-electron chi connectivity index (χ4n) is 1.47. The molecule has 106 valence electrons. The van der Waals surface area contributed by atoms with Crippen molar-refractivity contribution in [3.8, 4) is 11.5 Å². The minimum absolute atomic E-state index is 0.0576. The van der Waals surface area contributed by atoms with Gasteiger partial charge < -0.3 is 20.3 Å². The Labute approximate surface area is 113 Å². The van der Waals surface area contributed by atoms with Gasteiger partial charge in [0.05, 0.1) is 12.2 Å². The normalized spacial score (nSPS) is 10.7. The van der Waals surface area contributed by atoms with E-state index in [2.05, 4.69) is 19.2 Å². The summed E-state index contributed by atoms with van der Waals surface area (Å²) in [4.78, 5) is 11.7. The predicted octanol–water partition coefficient (Wildman–Crippen LogP) is 1.89. The van der Waals surface area contributed by atoms with Crippen LogP contribution < -0.4 is 5.32 Å². The number of carbonyl (C=O) groups excluding carboxylic acids is 1. The number of aromatic hydroxyl groups is 2. The first-order valence-corrected chi connectivity index (χ1v) is 6.39. The number of phenolic OH excluding ortho intramolecular Hbond substituents is 2. The van der Waals surface area contributed by atoms with Crippen molar-refractivity contribution in [1.82, 2.24) is 5.32 Å². The molecule has 5 heteroatoms. The maximum absolute atomic E-state index is 11.7. The summed E-state index contributed by atoms with van der Waals surface area (Å²) in [5.74, 6) is -0.541. The molecule has 0 aliphatic heterocycles. The van der Waals surface area contributed by atoms with Gasteiger partial charge in [-0.15, -0.1) is 0 Å². The number of phenols is 2. The van der Waals surface area contributed by atoms with E-state index >= 15 is 0 Å². The van der Waals surface area contributed by atoms with E-state index in [1.807, 2.05) is 0 Å². The van der Waals surface area contributed by atoms with Crippen LogP contribution in [0.4, 0.5) is 0 Å². The van der Waals surface area contributed by atoms with Gasteiger partial charge in [0.1, 0.15) is 0 Å². The third kappa shape index (κ3) is 5.18. The van der Waals surface area contributed by atoms with Crippen molar-refractivity contribution in [3.63, 3.8) is 0 Å². The van der Waals surface area contributed by atoms with E-state index in [9.17, 15) is 15.0 Å². The number of hydrogen-bond donors (Lipinski definition) is 3. The number of rotatable bonds is 7. The van der Waals surface area contributed by atoms with Gasteiger partial charge in [0, 0.05) is 13.2 Å². The van der Waals surface area contributed by atoms with E-state index in [1.165, 1.54) is 18.2 Å². The molecule has 0 atom stereocenters. The molecular weight excluding hydrogens is 246 g/mol. The molecule has 3 N–H and O–H groups in total. The number of carbonyl (C=O) groups is 1. The summed E-state index contributed by atoms with van der Waals surface area (Å²) in [6, 6.07) is 4.27. The summed E-state index contributed by atoms with van der Waals surface area (Å²) >= 11 is 0. The van der Waals surface area contributed by atoms with Gasteiger partial charge in [-0.25, -0.2) is 0 Å². The van der Waals surface area contributed by atoms with Crippen molar-refractivity contribution >= 4 is 5.91 Å². The number of hydrogen-bond acceptors (Lipinski definition) is 4. The van der Waals surface area contributed by atoms with Gasteiger partial charge in [-0.2, -0.15) is 0 Å². The van der Waals surface area contributed by atoms with Crippen LogP contribution in [0.5, 0.6) is 11.5 Å². The van der Waals surface area contributed by atoms with Crippen LogP contribution in [-0.2, 0) is 4.74 Å². The summed E-state index contributed by atoms with van der Waals surface area (Å²) in [6.07, 6.45) is 0.987. The molecule has 0 heterocycles. The molecule has 0 saturated heterocycles. The van der Waals surface area contributed by atoms with Gasteiger partial charge in [-0.1, -0.05) is 19.9 Å². The topological polar surface area (TPSA) is 78.8 Å². The summed E-state index contributed by atoms with van der Waals surface area (Å²) in [6.45, 7) is 5.71. The Morgan fingerprint density at radius 3 is 2.74 bits per heavy atom. The highest BCUT2D eigenvalue weighted by Gasteiger charge is 2.12. The maximum atomic E-state index is 11.7. The average molecular weight is 267 g/mol. The Kier molecular flexibility index (Phi) is 6.15. The highest BCUT2D eigenvalue weighted by molar-refractivity contribution is 5.97. The molecule has 0 radical (unpaired) electrons. The standard InChI is InChI=1S/C14H21NO4/c1-10(2)6-8-19-9-7-15-14(18)11-4-3-5-12(16)13(11)17/h3-5,10,16-17H,6-9H2,1-2H3,(H,15,18). The number of amides is 1. The van der Waals surface area contributed by atoms with Crippen LogP contribution >= 0.6 is 0 Å². The molecule has 5 nitrogen and oxygen atoms in total. The molecule has 19 heavy (non-hydrogen) atoms. The van der Waals surface area contributed by atoms with Crippen LogP contribution in [0.3, 0.4) is 0 Å². The van der Waals surface area contributed by atoms with Crippen LogP contribution in [0.15, 0.2) is 18.2 Å². The molecule has 0 aromatic heterocycles. The van der Waals surface area contributed by atoms with Gasteiger partial charge in [-0.3, -0.25) is 4.79 Å². The minimum atomic E-state index is -0.430. The monoisotopic (exact) mass is 267 g/mol. The second-order valence-corrected chi connectivity index (χ2v) is 4.72. The summed E-state index contributed by atoms with van der Waals surface area (Å²) in [5.41, 5.74) is 0.0576. The number of ether oxygens (including phenoxy) is 1. The van der Waals surface area contributed by atoms with E-state index in [4.69, 9.17) is 4.74 Å². The lowest BCUT2D eigenvalue weighted by molar-refractivity contribution is 0.0902. The Bertz CT molecular complexity index is 418. The van der Waals surface area contributed by atoms with Crippen LogP contribution in [0.25, 0.3) is 0 Å². The Morgan fingerprint density at radius 1 is 1.32 bits per heavy atom. The smallest absolute Gasteiger partial charge is 0.255 e. The molecule has 0 bridgehead atoms. The second kappa shape index (κ2) is 7.63. The third-order valence-electron chi connectivity index (χ3n) is 2.63. The predicted molar refractivity (Wildman–Crippen MR) is 72.4 cm³/mol. The zero-order valence-electron chi connectivity index (χ0n) is 11.3. The first kappa shape index (κ1) is 15.3. The molecule has 0 spiro atoms. The summed E-state index contributed by atoms with van der Waals surface area (Å²) < 4.78 is 5.36. The summed E-state index contributed by atoms with van der Waals surface area (Å²) in [7, 11) is 0. The van der Waals surface area contributed by atoms with Crippen LogP contribution in [-0.4, -0.2) is 35.9 Å². The zero-order valence-corrected chi connectivity index (χ0v) is 11.3. The van der Waals surface area contributed by atoms with Crippen LogP contribution in [0, 0.1) is 5.92 Å². The molecule has 0 saturated carbocycles. The van der Waals surface area contributed by atoms with Crippen LogP contribution in [0.2, 0.25) is 0 Å². The molecule has 0 aliphatic rings. The minimum Gasteiger partial charge on any atom is -0.504 e. The van der Waals surface area contributed by atoms with Crippen molar-refractivity contribution in [2.24, 2.45) is 5.92 Å². The van der Waals surface area contributed by atoms with E-state index in [-0.39, 0.29) is 11.3 Å². The zero-order chi connectivity index (χ0) is 14.3. The van der Waals surface area contributed by atoms with E-state index in [1.54, 1.807) is 0 Å². The van der Waals surface area contributed by atoms with Crippen molar-refractivity contribution in [2.75, 3.05) is 19.8 Å². The fourth-order valence-corrected chi connectivity index (χ4v) is 1.47. The lowest BCUT2D eigenvalue weighted by Crippen LogP contribution is -2.27. The Hall–Kier alpha value is -1.75. The number of para-hydroxylation sites is 1. The fraction of sp³-hybridized carbons (Fsp3) is 0.500. The first-order valence-electron chi connectivity index (χ1n) is 6.39. The van der Waals surface area contributed by atoms with Crippen LogP contribution in [0.1, 0.15) is 30.6 Å². The molecule has 1 rings (SSSR count).